The predicted octanol–water partition coefficient (Wildman–Crippen LogP) is 2.94. The zero-order chi connectivity index (χ0) is 19.7. The third kappa shape index (κ3) is 6.28. The SMILES string of the molecule is C=C(/C=C\C(=C/C)N1CC(C)OC(C)C1F)NC(=O)C(/C=C\CN)=C/C. The van der Waals surface area contributed by atoms with Crippen LogP contribution in [-0.2, 0) is 9.53 Å². The number of nitrogens with two attached hydrogens (primary N) is 1. The van der Waals surface area contributed by atoms with Gasteiger partial charge in [-0.05, 0) is 39.8 Å². The molecule has 1 fully saturated rings. The van der Waals surface area contributed by atoms with Crippen LogP contribution in [0.1, 0.15) is 27.7 Å². The number of rotatable bonds is 7. The van der Waals surface area contributed by atoms with E-state index in [1.54, 1.807) is 49.1 Å². The highest BCUT2D eigenvalue weighted by Crippen LogP contribution is 2.24. The summed E-state index contributed by atoms with van der Waals surface area (Å²) in [5, 5.41) is 2.71. The van der Waals surface area contributed by atoms with E-state index < -0.39 is 12.4 Å². The minimum atomic E-state index is -1.22. The van der Waals surface area contributed by atoms with Gasteiger partial charge in [-0.25, -0.2) is 4.39 Å². The zero-order valence-corrected chi connectivity index (χ0v) is 16.0. The average Bonchev–Trinajstić information content (AvgIpc) is 2.60. The summed E-state index contributed by atoms with van der Waals surface area (Å²) in [4.78, 5) is 13.8. The van der Waals surface area contributed by atoms with E-state index in [-0.39, 0.29) is 12.0 Å². The molecule has 1 aliphatic rings. The molecule has 1 heterocycles. The summed E-state index contributed by atoms with van der Waals surface area (Å²) >= 11 is 0. The molecular formula is C20H30FN3O2. The highest BCUT2D eigenvalue weighted by Gasteiger charge is 2.33. The fourth-order valence-electron chi connectivity index (χ4n) is 2.65. The molecule has 1 saturated heterocycles. The summed E-state index contributed by atoms with van der Waals surface area (Å²) < 4.78 is 20.0. The summed E-state index contributed by atoms with van der Waals surface area (Å²) in [6.45, 7) is 11.9. The highest BCUT2D eigenvalue weighted by molar-refractivity contribution is 5.97. The molecule has 0 aromatic rings. The summed E-state index contributed by atoms with van der Waals surface area (Å²) in [6, 6.07) is 0. The zero-order valence-electron chi connectivity index (χ0n) is 16.0. The Kier molecular flexibility index (Phi) is 9.02. The molecule has 1 aliphatic heterocycles. The number of alkyl halides is 1. The van der Waals surface area contributed by atoms with Gasteiger partial charge in [-0.1, -0.05) is 30.9 Å². The second-order valence-electron chi connectivity index (χ2n) is 6.09. The van der Waals surface area contributed by atoms with Crippen molar-refractivity contribution in [2.75, 3.05) is 13.1 Å². The fraction of sp³-hybridized carbons (Fsp3) is 0.450. The van der Waals surface area contributed by atoms with Crippen molar-refractivity contribution in [3.05, 3.63) is 60.0 Å². The van der Waals surface area contributed by atoms with Gasteiger partial charge in [0.15, 0.2) is 6.30 Å². The van der Waals surface area contributed by atoms with Crippen LogP contribution in [-0.4, -0.2) is 42.4 Å². The number of allylic oxidation sites excluding steroid dienone is 4. The number of ether oxygens (including phenoxy) is 1. The number of morpholine rings is 1. The van der Waals surface area contributed by atoms with Crippen molar-refractivity contribution in [1.82, 2.24) is 10.2 Å². The van der Waals surface area contributed by atoms with Crippen molar-refractivity contribution in [2.45, 2.75) is 46.2 Å². The van der Waals surface area contributed by atoms with Gasteiger partial charge in [0.2, 0.25) is 0 Å². The lowest BCUT2D eigenvalue weighted by Crippen LogP contribution is -2.50. The number of hydrogen-bond acceptors (Lipinski definition) is 4. The van der Waals surface area contributed by atoms with Gasteiger partial charge < -0.3 is 20.7 Å². The third-order valence-electron chi connectivity index (χ3n) is 3.95. The highest BCUT2D eigenvalue weighted by atomic mass is 19.1. The minimum Gasteiger partial charge on any atom is -0.369 e. The fourth-order valence-corrected chi connectivity index (χ4v) is 2.65. The maximum absolute atomic E-state index is 14.5. The molecule has 1 rings (SSSR count). The molecule has 3 unspecified atom stereocenters. The predicted molar refractivity (Wildman–Crippen MR) is 104 cm³/mol. The first-order valence-corrected chi connectivity index (χ1v) is 8.77. The molecule has 144 valence electrons. The molecule has 1 amide bonds. The van der Waals surface area contributed by atoms with Crippen molar-refractivity contribution in [1.29, 1.82) is 0 Å². The van der Waals surface area contributed by atoms with Crippen LogP contribution in [0.5, 0.6) is 0 Å². The summed E-state index contributed by atoms with van der Waals surface area (Å²) in [6.07, 6.45) is 8.49. The van der Waals surface area contributed by atoms with Crippen molar-refractivity contribution in [2.24, 2.45) is 5.73 Å². The van der Waals surface area contributed by atoms with Crippen LogP contribution in [0.3, 0.4) is 0 Å². The van der Waals surface area contributed by atoms with Gasteiger partial charge >= 0.3 is 0 Å². The minimum absolute atomic E-state index is 0.0603. The van der Waals surface area contributed by atoms with Gasteiger partial charge in [-0.3, -0.25) is 4.79 Å². The second-order valence-corrected chi connectivity index (χ2v) is 6.09. The van der Waals surface area contributed by atoms with E-state index in [2.05, 4.69) is 11.9 Å². The van der Waals surface area contributed by atoms with Gasteiger partial charge in [-0.15, -0.1) is 0 Å². The van der Waals surface area contributed by atoms with Gasteiger partial charge in [-0.2, -0.15) is 0 Å². The Bertz CT molecular complexity index is 623. The Labute approximate surface area is 155 Å². The smallest absolute Gasteiger partial charge is 0.255 e. The molecule has 3 atom stereocenters. The number of amides is 1. The van der Waals surface area contributed by atoms with Crippen molar-refractivity contribution in [3.8, 4) is 0 Å². The maximum atomic E-state index is 14.5. The van der Waals surface area contributed by atoms with Crippen LogP contribution in [0, 0.1) is 0 Å². The maximum Gasteiger partial charge on any atom is 0.255 e. The number of nitrogens with one attached hydrogen (secondary N) is 1. The molecule has 0 radical (unpaired) electrons. The lowest BCUT2D eigenvalue weighted by Gasteiger charge is -2.40. The topological polar surface area (TPSA) is 67.6 Å². The van der Waals surface area contributed by atoms with Crippen molar-refractivity contribution >= 4 is 5.91 Å². The number of carbonyl (C=O) groups is 1. The summed E-state index contributed by atoms with van der Waals surface area (Å²) in [5.41, 5.74) is 7.03. The first-order chi connectivity index (χ1) is 12.3. The van der Waals surface area contributed by atoms with Gasteiger partial charge in [0, 0.05) is 30.1 Å². The molecule has 0 aliphatic carbocycles. The van der Waals surface area contributed by atoms with Gasteiger partial charge in [0.05, 0.1) is 6.10 Å². The molecule has 0 saturated carbocycles. The quantitative estimate of drug-likeness (QED) is 0.415. The number of hydrogen-bond donors (Lipinski definition) is 2. The van der Waals surface area contributed by atoms with Crippen molar-refractivity contribution in [3.63, 3.8) is 0 Å². The van der Waals surface area contributed by atoms with Gasteiger partial charge in [0.25, 0.3) is 5.91 Å². The van der Waals surface area contributed by atoms with Crippen LogP contribution in [0.4, 0.5) is 4.39 Å². The lowest BCUT2D eigenvalue weighted by molar-refractivity contribution is -0.132. The van der Waals surface area contributed by atoms with E-state index in [0.717, 1.165) is 0 Å². The molecule has 6 heteroatoms. The second kappa shape index (κ2) is 10.7. The van der Waals surface area contributed by atoms with E-state index in [1.165, 1.54) is 0 Å². The van der Waals surface area contributed by atoms with E-state index in [9.17, 15) is 9.18 Å². The molecule has 0 aromatic heterocycles. The summed E-state index contributed by atoms with van der Waals surface area (Å²) in [7, 11) is 0. The molecule has 0 aromatic carbocycles. The largest absolute Gasteiger partial charge is 0.369 e. The van der Waals surface area contributed by atoms with E-state index in [4.69, 9.17) is 10.5 Å². The van der Waals surface area contributed by atoms with Crippen LogP contribution in [0.25, 0.3) is 0 Å². The third-order valence-corrected chi connectivity index (χ3v) is 3.95. The van der Waals surface area contributed by atoms with Crippen LogP contribution in [0.2, 0.25) is 0 Å². The molecule has 0 bridgehead atoms. The molecule has 5 nitrogen and oxygen atoms in total. The number of nitrogens with zero attached hydrogens (tertiary/aromatic N) is 1. The number of halogens is 1. The normalized spacial score (nSPS) is 25.2. The van der Waals surface area contributed by atoms with E-state index >= 15 is 0 Å². The number of carbonyl (C=O) groups excluding carboxylic acids is 1. The Morgan fingerprint density at radius 3 is 2.58 bits per heavy atom. The summed E-state index contributed by atoms with van der Waals surface area (Å²) in [5.74, 6) is -0.272. The van der Waals surface area contributed by atoms with Gasteiger partial charge in [0.1, 0.15) is 6.10 Å². The van der Waals surface area contributed by atoms with E-state index in [0.29, 0.717) is 30.1 Å². The van der Waals surface area contributed by atoms with Crippen molar-refractivity contribution < 1.29 is 13.9 Å². The monoisotopic (exact) mass is 363 g/mol. The van der Waals surface area contributed by atoms with Crippen LogP contribution in [0.15, 0.2) is 60.0 Å². The molecule has 3 N–H and O–H groups in total. The van der Waals surface area contributed by atoms with Crippen LogP contribution >= 0.6 is 0 Å². The first kappa shape index (κ1) is 21.9. The molecule has 0 spiro atoms. The van der Waals surface area contributed by atoms with Crippen LogP contribution < -0.4 is 11.1 Å². The Morgan fingerprint density at radius 2 is 2.00 bits per heavy atom. The molecular weight excluding hydrogens is 333 g/mol. The lowest BCUT2D eigenvalue weighted by atomic mass is 10.1. The average molecular weight is 363 g/mol. The standard InChI is InChI=1S/C20H30FN3O2/c1-6-17(9-8-12-22)20(25)23-14(3)10-11-18(7-2)24-13-15(4)26-16(5)19(24)21/h6-11,15-16,19H,3,12-13,22H2,1-2,4-5H3,(H,23,25)/b9-8-,11-10-,17-6+,18-7+. The first-order valence-electron chi connectivity index (χ1n) is 8.77. The molecule has 26 heavy (non-hydrogen) atoms. The van der Waals surface area contributed by atoms with E-state index in [1.807, 2.05) is 19.9 Å². The Morgan fingerprint density at radius 1 is 1.31 bits per heavy atom. The Balaban J connectivity index is 2.76. The Hall–Kier alpha value is -2.18.